The van der Waals surface area contributed by atoms with Crippen LogP contribution in [0.15, 0.2) is 48.6 Å². The summed E-state index contributed by atoms with van der Waals surface area (Å²) in [6.45, 7) is 2.13. The number of unbranched alkanes of at least 4 members (excludes halogenated alkanes) is 2. The molecule has 0 aliphatic carbocycles. The van der Waals surface area contributed by atoms with E-state index in [4.69, 9.17) is 15.6 Å². The van der Waals surface area contributed by atoms with Gasteiger partial charge in [-0.3, -0.25) is 15.3 Å². The Balaban J connectivity index is 3.99. The number of rotatable bonds is 16. The van der Waals surface area contributed by atoms with Crippen molar-refractivity contribution in [3.63, 3.8) is 0 Å². The molecular weight excluding hydrogens is 336 g/mol. The number of carbonyl (C=O) groups is 1. The van der Waals surface area contributed by atoms with Crippen molar-refractivity contribution >= 4 is 5.97 Å². The molecule has 0 aromatic carbocycles. The third kappa shape index (κ3) is 15.8. The summed E-state index contributed by atoms with van der Waals surface area (Å²) < 4.78 is 0. The van der Waals surface area contributed by atoms with Gasteiger partial charge in [0.25, 0.3) is 0 Å². The number of hydrogen-bond donors (Lipinski definition) is 3. The molecule has 0 amide bonds. The molecule has 148 valence electrons. The summed E-state index contributed by atoms with van der Waals surface area (Å²) in [5, 5.41) is 26.1. The van der Waals surface area contributed by atoms with Crippen molar-refractivity contribution in [2.75, 3.05) is 0 Å². The van der Waals surface area contributed by atoms with Gasteiger partial charge in [0.1, 0.15) is 12.2 Å². The quantitative estimate of drug-likeness (QED) is 0.151. The van der Waals surface area contributed by atoms with Crippen molar-refractivity contribution in [3.8, 4) is 0 Å². The van der Waals surface area contributed by atoms with E-state index in [-0.39, 0.29) is 12.5 Å². The average molecular weight is 368 g/mol. The van der Waals surface area contributed by atoms with Crippen LogP contribution in [-0.4, -0.2) is 33.8 Å². The van der Waals surface area contributed by atoms with Crippen molar-refractivity contribution in [2.45, 2.75) is 70.5 Å². The third-order valence-electron chi connectivity index (χ3n) is 3.66. The maximum Gasteiger partial charge on any atom is 0.303 e. The fourth-order valence-corrected chi connectivity index (χ4v) is 2.19. The molecule has 0 unspecified atom stereocenters. The zero-order valence-corrected chi connectivity index (χ0v) is 15.5. The summed E-state index contributed by atoms with van der Waals surface area (Å²) in [6, 6.07) is 0. The van der Waals surface area contributed by atoms with Crippen LogP contribution in [0.4, 0.5) is 0 Å². The molecular formula is C20H32O6. The molecule has 0 spiro atoms. The van der Waals surface area contributed by atoms with E-state index in [1.165, 1.54) is 0 Å². The first-order valence-corrected chi connectivity index (χ1v) is 9.12. The highest BCUT2D eigenvalue weighted by atomic mass is 17.1. The summed E-state index contributed by atoms with van der Waals surface area (Å²) in [7, 11) is 0. The molecule has 0 aromatic rings. The first-order valence-electron chi connectivity index (χ1n) is 9.12. The fraction of sp³-hybridized carbons (Fsp3) is 0.550. The SMILES string of the molecule is CCCCC[C@@H](/C=C/C=C\C/C=C\C=C\[C@H](CCCC(=O)O)OO)OO. The summed E-state index contributed by atoms with van der Waals surface area (Å²) >= 11 is 0. The largest absolute Gasteiger partial charge is 0.481 e. The van der Waals surface area contributed by atoms with Gasteiger partial charge in [-0.05, 0) is 25.7 Å². The zero-order valence-electron chi connectivity index (χ0n) is 15.5. The predicted molar refractivity (Wildman–Crippen MR) is 102 cm³/mol. The van der Waals surface area contributed by atoms with Gasteiger partial charge in [-0.1, -0.05) is 74.8 Å². The van der Waals surface area contributed by atoms with Gasteiger partial charge < -0.3 is 5.11 Å². The van der Waals surface area contributed by atoms with Crippen LogP contribution in [0, 0.1) is 0 Å². The van der Waals surface area contributed by atoms with E-state index in [1.807, 2.05) is 36.5 Å². The Bertz CT molecular complexity index is 453. The number of carboxylic acids is 1. The van der Waals surface area contributed by atoms with Crippen LogP contribution < -0.4 is 0 Å². The van der Waals surface area contributed by atoms with Gasteiger partial charge in [0.05, 0.1) is 0 Å². The Hall–Kier alpha value is -1.73. The molecule has 6 heteroatoms. The lowest BCUT2D eigenvalue weighted by Gasteiger charge is -2.07. The molecule has 0 heterocycles. The van der Waals surface area contributed by atoms with Crippen molar-refractivity contribution in [1.82, 2.24) is 0 Å². The summed E-state index contributed by atoms with van der Waals surface area (Å²) in [6.07, 6.45) is 19.8. The molecule has 6 nitrogen and oxygen atoms in total. The van der Waals surface area contributed by atoms with E-state index in [1.54, 1.807) is 12.2 Å². The lowest BCUT2D eigenvalue weighted by atomic mass is 10.1. The molecule has 0 fully saturated rings. The Morgan fingerprint density at radius 3 is 1.88 bits per heavy atom. The fourth-order valence-electron chi connectivity index (χ4n) is 2.19. The van der Waals surface area contributed by atoms with Gasteiger partial charge >= 0.3 is 5.97 Å². The van der Waals surface area contributed by atoms with E-state index < -0.39 is 12.1 Å². The van der Waals surface area contributed by atoms with Crippen LogP contribution in [0.5, 0.6) is 0 Å². The predicted octanol–water partition coefficient (Wildman–Crippen LogP) is 5.15. The molecule has 0 rings (SSSR count). The van der Waals surface area contributed by atoms with Crippen LogP contribution in [-0.2, 0) is 14.6 Å². The number of hydrogen-bond acceptors (Lipinski definition) is 5. The minimum Gasteiger partial charge on any atom is -0.481 e. The van der Waals surface area contributed by atoms with E-state index in [2.05, 4.69) is 16.7 Å². The van der Waals surface area contributed by atoms with Crippen LogP contribution in [0.25, 0.3) is 0 Å². The summed E-state index contributed by atoms with van der Waals surface area (Å²) in [5.41, 5.74) is 0. The first kappa shape index (κ1) is 24.3. The lowest BCUT2D eigenvalue weighted by molar-refractivity contribution is -0.267. The van der Waals surface area contributed by atoms with Gasteiger partial charge in [-0.15, -0.1) is 0 Å². The second kappa shape index (κ2) is 18.1. The minimum atomic E-state index is -0.857. The second-order valence-electron chi connectivity index (χ2n) is 5.93. The van der Waals surface area contributed by atoms with E-state index in [0.717, 1.165) is 32.1 Å². The maximum atomic E-state index is 10.4. The Morgan fingerprint density at radius 2 is 1.42 bits per heavy atom. The molecule has 0 saturated carbocycles. The molecule has 0 aromatic heterocycles. The van der Waals surface area contributed by atoms with Gasteiger partial charge in [-0.25, -0.2) is 9.78 Å². The van der Waals surface area contributed by atoms with Crippen LogP contribution >= 0.6 is 0 Å². The van der Waals surface area contributed by atoms with Gasteiger partial charge in [0, 0.05) is 6.42 Å². The summed E-state index contributed by atoms with van der Waals surface area (Å²) in [4.78, 5) is 19.1. The van der Waals surface area contributed by atoms with Crippen molar-refractivity contribution in [2.24, 2.45) is 0 Å². The highest BCUT2D eigenvalue weighted by Crippen LogP contribution is 2.07. The Kier molecular flexibility index (Phi) is 16.9. The van der Waals surface area contributed by atoms with E-state index in [9.17, 15) is 4.79 Å². The molecule has 0 bridgehead atoms. The number of aliphatic carboxylic acids is 1. The van der Waals surface area contributed by atoms with Crippen LogP contribution in [0.3, 0.4) is 0 Å². The molecule has 26 heavy (non-hydrogen) atoms. The normalized spacial score (nSPS) is 14.9. The monoisotopic (exact) mass is 368 g/mol. The van der Waals surface area contributed by atoms with Crippen molar-refractivity contribution < 1.29 is 30.2 Å². The molecule has 0 saturated heterocycles. The lowest BCUT2D eigenvalue weighted by Crippen LogP contribution is -2.08. The topological polar surface area (TPSA) is 96.2 Å². The number of allylic oxidation sites excluding steroid dienone is 6. The van der Waals surface area contributed by atoms with E-state index in [0.29, 0.717) is 12.8 Å². The number of carboxylic acid groups (broad SMARTS) is 1. The van der Waals surface area contributed by atoms with Crippen molar-refractivity contribution in [1.29, 1.82) is 0 Å². The highest BCUT2D eigenvalue weighted by Gasteiger charge is 2.05. The van der Waals surface area contributed by atoms with Gasteiger partial charge in [0.15, 0.2) is 0 Å². The van der Waals surface area contributed by atoms with Crippen molar-refractivity contribution in [3.05, 3.63) is 48.6 Å². The van der Waals surface area contributed by atoms with Crippen LogP contribution in [0.1, 0.15) is 58.3 Å². The third-order valence-corrected chi connectivity index (χ3v) is 3.66. The smallest absolute Gasteiger partial charge is 0.303 e. The average Bonchev–Trinajstić information content (AvgIpc) is 2.63. The molecule has 3 N–H and O–H groups in total. The first-order chi connectivity index (χ1) is 12.6. The van der Waals surface area contributed by atoms with Gasteiger partial charge in [0.2, 0.25) is 0 Å². The zero-order chi connectivity index (χ0) is 19.5. The molecule has 2 atom stereocenters. The molecule has 0 radical (unpaired) electrons. The van der Waals surface area contributed by atoms with Gasteiger partial charge in [-0.2, -0.15) is 0 Å². The minimum absolute atomic E-state index is 0.0582. The molecule has 0 aliphatic rings. The Morgan fingerprint density at radius 1 is 0.885 bits per heavy atom. The second-order valence-corrected chi connectivity index (χ2v) is 5.93. The standard InChI is InChI=1S/C20H32O6/c1-2-3-9-13-18(25-23)14-10-7-5-4-6-8-11-15-19(26-24)16-12-17-20(21)22/h5-8,10-11,14-15,18-19,23-24H,2-4,9,12-13,16-17H2,1H3,(H,21,22)/b7-5-,8-6-,14-10+,15-11+/t18-,19+/m0/s1. The maximum absolute atomic E-state index is 10.4. The summed E-state index contributed by atoms with van der Waals surface area (Å²) in [5.74, 6) is -0.857. The highest BCUT2D eigenvalue weighted by molar-refractivity contribution is 5.66. The van der Waals surface area contributed by atoms with Crippen LogP contribution in [0.2, 0.25) is 0 Å². The molecule has 0 aliphatic heterocycles. The Labute approximate surface area is 156 Å². The van der Waals surface area contributed by atoms with E-state index >= 15 is 0 Å².